The summed E-state index contributed by atoms with van der Waals surface area (Å²) >= 11 is 0. The fourth-order valence-electron chi connectivity index (χ4n) is 11.7. The molecular formula is C75H48N4OPt-2. The van der Waals surface area contributed by atoms with Crippen LogP contribution in [0.3, 0.4) is 0 Å². The van der Waals surface area contributed by atoms with E-state index in [1.807, 2.05) is 18.3 Å². The van der Waals surface area contributed by atoms with Crippen LogP contribution in [0, 0.1) is 18.5 Å². The van der Waals surface area contributed by atoms with Crippen molar-refractivity contribution in [2.75, 3.05) is 0 Å². The molecule has 0 N–H and O–H groups in total. The zero-order valence-electron chi connectivity index (χ0n) is 43.8. The molecule has 0 amide bonds. The summed E-state index contributed by atoms with van der Waals surface area (Å²) in [5, 5.41) is 3.22. The third kappa shape index (κ3) is 9.08. The van der Waals surface area contributed by atoms with Gasteiger partial charge in [0.25, 0.3) is 6.33 Å². The average Bonchev–Trinajstić information content (AvgIpc) is 4.32. The van der Waals surface area contributed by atoms with Crippen molar-refractivity contribution >= 4 is 43.8 Å². The minimum absolute atomic E-state index is 0. The minimum atomic E-state index is 0. The normalized spacial score (nSPS) is 11.4. The Bertz CT molecular complexity index is 4530. The van der Waals surface area contributed by atoms with Gasteiger partial charge in [-0.2, -0.15) is 53.6 Å². The summed E-state index contributed by atoms with van der Waals surface area (Å²) in [5.41, 5.74) is 22.4. The van der Waals surface area contributed by atoms with Gasteiger partial charge in [0, 0.05) is 32.8 Å². The molecule has 0 saturated carbocycles. The Morgan fingerprint density at radius 1 is 0.407 bits per heavy atom. The SMILES string of the molecule is [Pt].[c-]1c(Cc2[c-]c3c(cc2)c2ccccc2n3-c2nccc3occc23)cccc1-n1[c-][n+](-c2c(-c3cc(-c4ccccc4)cc(-c4ccccc4)c3)cccc2-c2cc(-c3ccccc3)cc(-c3ccccc3)c2)c2ccccc21. The van der Waals surface area contributed by atoms with Crippen molar-refractivity contribution in [1.29, 1.82) is 0 Å². The van der Waals surface area contributed by atoms with Crippen molar-refractivity contribution in [3.8, 4) is 84.0 Å². The van der Waals surface area contributed by atoms with Gasteiger partial charge in [0.05, 0.1) is 28.4 Å². The molecule has 4 heterocycles. The standard InChI is InChI=1S/C75H48N4O.Pt/c1-5-20-53(21-6-1)57-44-58(54-22-7-2-8-23-54)47-61(46-57)64-30-18-31-65(62-48-59(55-24-9-3-10-25-55)45-60(49-62)56-26-11-4-12-27-56)74(64)78-50-77(70-33-15-16-34-71(70)78)63-28-17-19-51(42-63)41-52-35-36-67-66-29-13-14-32-69(66)79(72(67)43-52)75-68-38-40-80-73(68)37-39-76-75;/h1-40,44-49H,41H2;/q-2;. The molecule has 81 heavy (non-hydrogen) atoms. The number of aromatic nitrogens is 4. The first kappa shape index (κ1) is 49.4. The topological polar surface area (TPSA) is 39.8 Å². The first-order chi connectivity index (χ1) is 39.6. The number of imidazole rings is 1. The molecule has 15 aromatic rings. The monoisotopic (exact) mass is 1220 g/mol. The van der Waals surface area contributed by atoms with E-state index in [-0.39, 0.29) is 21.1 Å². The van der Waals surface area contributed by atoms with E-state index in [2.05, 4.69) is 287 Å². The first-order valence-corrected chi connectivity index (χ1v) is 27.0. The fourth-order valence-corrected chi connectivity index (χ4v) is 11.7. The summed E-state index contributed by atoms with van der Waals surface area (Å²) in [7, 11) is 0. The first-order valence-electron chi connectivity index (χ1n) is 27.0. The van der Waals surface area contributed by atoms with E-state index in [9.17, 15) is 0 Å². The summed E-state index contributed by atoms with van der Waals surface area (Å²) in [6, 6.07) is 103. The maximum Gasteiger partial charge on any atom is 0.268 e. The summed E-state index contributed by atoms with van der Waals surface area (Å²) in [6.45, 7) is 0. The largest absolute Gasteiger partial charge is 0.464 e. The van der Waals surface area contributed by atoms with Crippen LogP contribution >= 0.6 is 0 Å². The molecule has 0 spiro atoms. The predicted molar refractivity (Wildman–Crippen MR) is 325 cm³/mol. The molecule has 386 valence electrons. The second-order valence-corrected chi connectivity index (χ2v) is 20.3. The van der Waals surface area contributed by atoms with E-state index in [1.165, 1.54) is 0 Å². The van der Waals surface area contributed by atoms with Gasteiger partial charge < -0.3 is 13.6 Å². The van der Waals surface area contributed by atoms with Gasteiger partial charge in [-0.15, -0.1) is 5.39 Å². The second kappa shape index (κ2) is 21.0. The van der Waals surface area contributed by atoms with Crippen LogP contribution in [0.5, 0.6) is 0 Å². The number of hydrogen-bond donors (Lipinski definition) is 0. The van der Waals surface area contributed by atoms with Gasteiger partial charge in [-0.3, -0.25) is 4.57 Å². The smallest absolute Gasteiger partial charge is 0.268 e. The van der Waals surface area contributed by atoms with Crippen LogP contribution < -0.4 is 4.57 Å². The molecule has 11 aromatic carbocycles. The molecule has 0 radical (unpaired) electrons. The van der Waals surface area contributed by atoms with Crippen molar-refractivity contribution < 1.29 is 30.0 Å². The van der Waals surface area contributed by atoms with E-state index < -0.39 is 0 Å². The molecule has 5 nitrogen and oxygen atoms in total. The van der Waals surface area contributed by atoms with Crippen molar-refractivity contribution in [2.24, 2.45) is 0 Å². The second-order valence-electron chi connectivity index (χ2n) is 20.3. The van der Waals surface area contributed by atoms with Gasteiger partial charge in [-0.05, 0) is 139 Å². The maximum absolute atomic E-state index is 5.84. The molecule has 6 heteroatoms. The molecule has 15 rings (SSSR count). The van der Waals surface area contributed by atoms with Gasteiger partial charge in [0.15, 0.2) is 0 Å². The number of hydrogen-bond acceptors (Lipinski definition) is 2. The summed E-state index contributed by atoms with van der Waals surface area (Å²) in [4.78, 5) is 4.91. The Morgan fingerprint density at radius 3 is 1.53 bits per heavy atom. The van der Waals surface area contributed by atoms with E-state index in [0.717, 1.165) is 139 Å². The zero-order valence-corrected chi connectivity index (χ0v) is 46.1. The predicted octanol–water partition coefficient (Wildman–Crippen LogP) is 18.1. The Hall–Kier alpha value is -9.93. The van der Waals surface area contributed by atoms with E-state index in [1.54, 1.807) is 6.26 Å². The Labute approximate surface area is 484 Å². The van der Waals surface area contributed by atoms with Gasteiger partial charge in [-0.1, -0.05) is 188 Å². The van der Waals surface area contributed by atoms with Crippen LogP contribution in [0.15, 0.2) is 284 Å². The van der Waals surface area contributed by atoms with Crippen molar-refractivity contribution in [2.45, 2.75) is 6.42 Å². The van der Waals surface area contributed by atoms with Gasteiger partial charge in [0.1, 0.15) is 11.4 Å². The molecule has 0 aliphatic rings. The Morgan fingerprint density at radius 2 is 0.926 bits per heavy atom. The number of nitrogens with zero attached hydrogens (tertiary/aromatic N) is 4. The summed E-state index contributed by atoms with van der Waals surface area (Å²) in [6.07, 6.45) is 8.13. The molecular weight excluding hydrogens is 1170 g/mol. The van der Waals surface area contributed by atoms with Crippen molar-refractivity contribution in [1.82, 2.24) is 14.1 Å². The van der Waals surface area contributed by atoms with Gasteiger partial charge >= 0.3 is 0 Å². The van der Waals surface area contributed by atoms with Crippen LogP contribution in [0.1, 0.15) is 11.1 Å². The number of benzene rings is 11. The third-order valence-corrected chi connectivity index (χ3v) is 15.4. The van der Waals surface area contributed by atoms with Crippen LogP contribution in [-0.2, 0) is 27.5 Å². The Kier molecular flexibility index (Phi) is 12.8. The fraction of sp³-hybridized carbons (Fsp3) is 0.0133. The van der Waals surface area contributed by atoms with Gasteiger partial charge in [0.2, 0.25) is 0 Å². The molecule has 0 aliphatic heterocycles. The molecule has 0 saturated heterocycles. The molecule has 4 aromatic heterocycles. The quantitative estimate of drug-likeness (QED) is 0.0956. The number of pyridine rings is 1. The summed E-state index contributed by atoms with van der Waals surface area (Å²) in [5.74, 6) is 0.818. The molecule has 0 bridgehead atoms. The molecule has 0 unspecified atom stereocenters. The number of furan rings is 1. The molecule has 0 fully saturated rings. The minimum Gasteiger partial charge on any atom is -0.464 e. The van der Waals surface area contributed by atoms with Gasteiger partial charge in [-0.25, -0.2) is 4.98 Å². The van der Waals surface area contributed by atoms with Crippen molar-refractivity contribution in [3.63, 3.8) is 0 Å². The zero-order chi connectivity index (χ0) is 52.9. The third-order valence-electron chi connectivity index (χ3n) is 15.4. The maximum atomic E-state index is 5.84. The number of para-hydroxylation sites is 4. The van der Waals surface area contributed by atoms with E-state index in [4.69, 9.17) is 9.40 Å². The van der Waals surface area contributed by atoms with Crippen molar-refractivity contribution in [3.05, 3.63) is 309 Å². The Balaban J connectivity index is 0.00000589. The molecule has 0 aliphatic carbocycles. The number of rotatable bonds is 11. The van der Waals surface area contributed by atoms with Crippen LogP contribution in [0.4, 0.5) is 0 Å². The number of fused-ring (bicyclic) bond motifs is 5. The van der Waals surface area contributed by atoms with Crippen LogP contribution in [0.25, 0.3) is 128 Å². The van der Waals surface area contributed by atoms with Crippen LogP contribution in [0.2, 0.25) is 0 Å². The van der Waals surface area contributed by atoms with Crippen LogP contribution in [-0.4, -0.2) is 14.1 Å². The van der Waals surface area contributed by atoms with E-state index in [0.29, 0.717) is 6.42 Å². The average molecular weight is 1220 g/mol. The van der Waals surface area contributed by atoms with E-state index >= 15 is 0 Å². The summed E-state index contributed by atoms with van der Waals surface area (Å²) < 4.78 is 12.5. The molecule has 0 atom stereocenters.